The van der Waals surface area contributed by atoms with E-state index in [9.17, 15) is 0 Å². The fourth-order valence-corrected chi connectivity index (χ4v) is 1.62. The van der Waals surface area contributed by atoms with Crippen LogP contribution < -0.4 is 5.32 Å². The van der Waals surface area contributed by atoms with Gasteiger partial charge in [-0.3, -0.25) is 4.68 Å². The topological polar surface area (TPSA) is 55.9 Å². The Balaban J connectivity index is 1.85. The van der Waals surface area contributed by atoms with Gasteiger partial charge in [0, 0.05) is 31.3 Å². The Hall–Kier alpha value is -1.62. The summed E-state index contributed by atoms with van der Waals surface area (Å²) in [5, 5.41) is 7.50. The van der Waals surface area contributed by atoms with Gasteiger partial charge in [-0.2, -0.15) is 5.10 Å². The standard InChI is InChI=1S/C12H18N4O/c1-4-11-7-14-12(17-11)8-13-5-10-6-15-16(3)9(10)2/h6-7,13H,4-5,8H2,1-3H3. The molecule has 92 valence electrons. The van der Waals surface area contributed by atoms with Crippen LogP contribution in [0.3, 0.4) is 0 Å². The van der Waals surface area contributed by atoms with Gasteiger partial charge in [0.25, 0.3) is 0 Å². The van der Waals surface area contributed by atoms with Crippen LogP contribution in [0, 0.1) is 6.92 Å². The quantitative estimate of drug-likeness (QED) is 0.853. The lowest BCUT2D eigenvalue weighted by molar-refractivity contribution is 0.439. The molecule has 2 aromatic heterocycles. The van der Waals surface area contributed by atoms with E-state index in [-0.39, 0.29) is 0 Å². The summed E-state index contributed by atoms with van der Waals surface area (Å²) in [4.78, 5) is 4.20. The SMILES string of the molecule is CCc1cnc(CNCc2cnn(C)c2C)o1. The molecule has 0 saturated carbocycles. The van der Waals surface area contributed by atoms with Gasteiger partial charge < -0.3 is 9.73 Å². The van der Waals surface area contributed by atoms with Gasteiger partial charge in [0.15, 0.2) is 0 Å². The van der Waals surface area contributed by atoms with Gasteiger partial charge >= 0.3 is 0 Å². The highest BCUT2D eigenvalue weighted by molar-refractivity contribution is 5.15. The van der Waals surface area contributed by atoms with Crippen molar-refractivity contribution in [1.29, 1.82) is 0 Å². The summed E-state index contributed by atoms with van der Waals surface area (Å²) in [7, 11) is 1.94. The van der Waals surface area contributed by atoms with Crippen molar-refractivity contribution in [3.8, 4) is 0 Å². The molecule has 17 heavy (non-hydrogen) atoms. The van der Waals surface area contributed by atoms with Crippen molar-refractivity contribution >= 4 is 0 Å². The van der Waals surface area contributed by atoms with Crippen molar-refractivity contribution in [2.75, 3.05) is 0 Å². The molecule has 0 aliphatic heterocycles. The highest BCUT2D eigenvalue weighted by atomic mass is 16.4. The van der Waals surface area contributed by atoms with E-state index in [2.05, 4.69) is 29.2 Å². The van der Waals surface area contributed by atoms with Crippen LogP contribution in [0.2, 0.25) is 0 Å². The average molecular weight is 234 g/mol. The normalized spacial score (nSPS) is 11.0. The second kappa shape index (κ2) is 5.14. The summed E-state index contributed by atoms with van der Waals surface area (Å²) in [5.41, 5.74) is 2.38. The monoisotopic (exact) mass is 234 g/mol. The van der Waals surface area contributed by atoms with Gasteiger partial charge in [-0.1, -0.05) is 6.92 Å². The molecule has 5 nitrogen and oxygen atoms in total. The molecule has 0 fully saturated rings. The Morgan fingerprint density at radius 3 is 2.76 bits per heavy atom. The van der Waals surface area contributed by atoms with Crippen LogP contribution in [0.1, 0.15) is 29.8 Å². The van der Waals surface area contributed by atoms with E-state index >= 15 is 0 Å². The van der Waals surface area contributed by atoms with E-state index in [1.807, 2.05) is 17.9 Å². The van der Waals surface area contributed by atoms with E-state index in [1.54, 1.807) is 6.20 Å². The minimum atomic E-state index is 0.647. The van der Waals surface area contributed by atoms with Crippen LogP contribution in [-0.2, 0) is 26.6 Å². The number of oxazole rings is 1. The lowest BCUT2D eigenvalue weighted by atomic mass is 10.2. The smallest absolute Gasteiger partial charge is 0.208 e. The second-order valence-corrected chi connectivity index (χ2v) is 4.06. The Morgan fingerprint density at radius 1 is 1.35 bits per heavy atom. The molecule has 0 unspecified atom stereocenters. The lowest BCUT2D eigenvalue weighted by Crippen LogP contribution is -2.13. The molecule has 5 heteroatoms. The second-order valence-electron chi connectivity index (χ2n) is 4.06. The molecule has 0 radical (unpaired) electrons. The Bertz CT molecular complexity index is 486. The molecule has 0 bridgehead atoms. The zero-order valence-electron chi connectivity index (χ0n) is 10.5. The first-order valence-corrected chi connectivity index (χ1v) is 5.82. The van der Waals surface area contributed by atoms with Crippen LogP contribution >= 0.6 is 0 Å². The van der Waals surface area contributed by atoms with Gasteiger partial charge in [-0.05, 0) is 6.92 Å². The molecule has 2 aromatic rings. The van der Waals surface area contributed by atoms with Crippen LogP contribution in [0.15, 0.2) is 16.8 Å². The predicted octanol–water partition coefficient (Wildman–Crippen LogP) is 1.57. The van der Waals surface area contributed by atoms with Crippen molar-refractivity contribution in [3.63, 3.8) is 0 Å². The number of rotatable bonds is 5. The molecule has 2 heterocycles. The Morgan fingerprint density at radius 2 is 2.18 bits per heavy atom. The summed E-state index contributed by atoms with van der Waals surface area (Å²) in [5.74, 6) is 1.67. The third kappa shape index (κ3) is 2.74. The van der Waals surface area contributed by atoms with Crippen molar-refractivity contribution in [2.24, 2.45) is 7.05 Å². The summed E-state index contributed by atoms with van der Waals surface area (Å²) in [6.07, 6.45) is 4.55. The first kappa shape index (κ1) is 11.9. The highest BCUT2D eigenvalue weighted by Gasteiger charge is 2.05. The predicted molar refractivity (Wildman–Crippen MR) is 64.4 cm³/mol. The van der Waals surface area contributed by atoms with E-state index in [0.717, 1.165) is 24.6 Å². The third-order valence-corrected chi connectivity index (χ3v) is 2.88. The molecule has 0 aliphatic carbocycles. The maximum absolute atomic E-state index is 5.51. The molecule has 0 saturated heterocycles. The van der Waals surface area contributed by atoms with Crippen molar-refractivity contribution < 1.29 is 4.42 Å². The van der Waals surface area contributed by atoms with Crippen LogP contribution in [0.25, 0.3) is 0 Å². The van der Waals surface area contributed by atoms with E-state index < -0.39 is 0 Å². The molecular weight excluding hydrogens is 216 g/mol. The van der Waals surface area contributed by atoms with Crippen LogP contribution in [0.4, 0.5) is 0 Å². The zero-order valence-corrected chi connectivity index (χ0v) is 10.5. The largest absolute Gasteiger partial charge is 0.444 e. The fourth-order valence-electron chi connectivity index (χ4n) is 1.62. The number of hydrogen-bond acceptors (Lipinski definition) is 4. The first-order chi connectivity index (χ1) is 8.20. The maximum Gasteiger partial charge on any atom is 0.208 e. The lowest BCUT2D eigenvalue weighted by Gasteiger charge is -2.01. The summed E-state index contributed by atoms with van der Waals surface area (Å²) in [6, 6.07) is 0. The molecule has 2 rings (SSSR count). The molecule has 0 atom stereocenters. The maximum atomic E-state index is 5.51. The highest BCUT2D eigenvalue weighted by Crippen LogP contribution is 2.06. The fraction of sp³-hybridized carbons (Fsp3) is 0.500. The Kier molecular flexibility index (Phi) is 3.58. The van der Waals surface area contributed by atoms with Crippen molar-refractivity contribution in [3.05, 3.63) is 35.3 Å². The third-order valence-electron chi connectivity index (χ3n) is 2.88. The van der Waals surface area contributed by atoms with E-state index in [4.69, 9.17) is 4.42 Å². The van der Waals surface area contributed by atoms with Gasteiger partial charge in [-0.25, -0.2) is 4.98 Å². The summed E-state index contributed by atoms with van der Waals surface area (Å²) in [6.45, 7) is 5.54. The van der Waals surface area contributed by atoms with Crippen molar-refractivity contribution in [2.45, 2.75) is 33.4 Å². The summed E-state index contributed by atoms with van der Waals surface area (Å²) >= 11 is 0. The first-order valence-electron chi connectivity index (χ1n) is 5.82. The van der Waals surface area contributed by atoms with E-state index in [0.29, 0.717) is 6.54 Å². The number of aryl methyl sites for hydroxylation is 2. The number of nitrogens with one attached hydrogen (secondary N) is 1. The molecule has 0 amide bonds. The van der Waals surface area contributed by atoms with Crippen LogP contribution in [0.5, 0.6) is 0 Å². The molecule has 0 spiro atoms. The van der Waals surface area contributed by atoms with Crippen LogP contribution in [-0.4, -0.2) is 14.8 Å². The number of hydrogen-bond donors (Lipinski definition) is 1. The van der Waals surface area contributed by atoms with Crippen molar-refractivity contribution in [1.82, 2.24) is 20.1 Å². The minimum Gasteiger partial charge on any atom is -0.444 e. The molecule has 0 aromatic carbocycles. The molecule has 0 aliphatic rings. The number of aromatic nitrogens is 3. The summed E-state index contributed by atoms with van der Waals surface area (Å²) < 4.78 is 7.38. The van der Waals surface area contributed by atoms with Gasteiger partial charge in [0.1, 0.15) is 5.76 Å². The van der Waals surface area contributed by atoms with E-state index in [1.165, 1.54) is 11.3 Å². The Labute approximate surface area is 101 Å². The number of nitrogens with zero attached hydrogens (tertiary/aromatic N) is 3. The van der Waals surface area contributed by atoms with Gasteiger partial charge in [0.2, 0.25) is 5.89 Å². The minimum absolute atomic E-state index is 0.647. The molecule has 1 N–H and O–H groups in total. The average Bonchev–Trinajstić information content (AvgIpc) is 2.90. The zero-order chi connectivity index (χ0) is 12.3. The van der Waals surface area contributed by atoms with Gasteiger partial charge in [0.05, 0.1) is 18.9 Å². The molecular formula is C12H18N4O. The van der Waals surface area contributed by atoms with Gasteiger partial charge in [-0.15, -0.1) is 0 Å².